The fourth-order valence-electron chi connectivity index (χ4n) is 3.74. The van der Waals surface area contributed by atoms with Gasteiger partial charge >= 0.3 is 5.97 Å². The predicted molar refractivity (Wildman–Crippen MR) is 131 cm³/mol. The average Bonchev–Trinajstić information content (AvgIpc) is 3.25. The maximum absolute atomic E-state index is 14.6. The van der Waals surface area contributed by atoms with Crippen molar-refractivity contribution in [2.45, 2.75) is 20.0 Å². The van der Waals surface area contributed by atoms with Gasteiger partial charge in [-0.2, -0.15) is 0 Å². The van der Waals surface area contributed by atoms with Gasteiger partial charge in [0.25, 0.3) is 5.91 Å². The van der Waals surface area contributed by atoms with E-state index in [1.165, 1.54) is 6.07 Å². The number of aromatic nitrogens is 2. The fourth-order valence-corrected chi connectivity index (χ4v) is 3.74. The van der Waals surface area contributed by atoms with E-state index in [-0.39, 0.29) is 36.1 Å². The topological polar surface area (TPSA) is 111 Å². The number of carbonyl (C=O) groups is 2. The zero-order chi connectivity index (χ0) is 25.7. The molecule has 4 rings (SSSR count). The molecule has 0 atom stereocenters. The minimum absolute atomic E-state index is 0.0872. The Hall–Kier alpha value is -4.31. The van der Waals surface area contributed by atoms with Crippen LogP contribution in [0.2, 0.25) is 0 Å². The number of rotatable bonds is 9. The number of nitrogens with two attached hydrogens (primary N) is 1. The van der Waals surface area contributed by atoms with Gasteiger partial charge in [-0.3, -0.25) is 14.0 Å². The van der Waals surface area contributed by atoms with E-state index in [0.29, 0.717) is 24.3 Å². The van der Waals surface area contributed by atoms with Crippen LogP contribution in [0.15, 0.2) is 60.8 Å². The minimum Gasteiger partial charge on any atom is -0.465 e. The Balaban J connectivity index is 1.65. The van der Waals surface area contributed by atoms with Gasteiger partial charge in [0.1, 0.15) is 35.3 Å². The number of amides is 1. The third kappa shape index (κ3) is 5.49. The lowest BCUT2D eigenvalue weighted by Crippen LogP contribution is -2.23. The van der Waals surface area contributed by atoms with Gasteiger partial charge in [-0.25, -0.2) is 13.8 Å². The normalized spacial score (nSPS) is 10.9. The lowest BCUT2D eigenvalue weighted by Gasteiger charge is -2.10. The second-order valence-corrected chi connectivity index (χ2v) is 7.94. The quantitative estimate of drug-likeness (QED) is 0.307. The van der Waals surface area contributed by atoms with Gasteiger partial charge in [-0.05, 0) is 48.4 Å². The lowest BCUT2D eigenvalue weighted by atomic mass is 10.1. The first-order chi connectivity index (χ1) is 17.4. The van der Waals surface area contributed by atoms with E-state index in [1.54, 1.807) is 23.6 Å². The van der Waals surface area contributed by atoms with Gasteiger partial charge < -0.3 is 21.1 Å². The molecular formula is C26H25F2N5O3. The van der Waals surface area contributed by atoms with Crippen molar-refractivity contribution >= 4 is 23.3 Å². The smallest absolute Gasteiger partial charge is 0.325 e. The van der Waals surface area contributed by atoms with Crippen molar-refractivity contribution in [1.82, 2.24) is 14.7 Å². The molecule has 0 spiro atoms. The number of fused-ring (bicyclic) bond motifs is 1. The molecule has 1 amide bonds. The molecule has 0 aliphatic carbocycles. The van der Waals surface area contributed by atoms with Crippen LogP contribution in [0.4, 0.5) is 14.6 Å². The van der Waals surface area contributed by atoms with E-state index in [1.807, 2.05) is 24.3 Å². The first kappa shape index (κ1) is 24.8. The van der Waals surface area contributed by atoms with E-state index in [4.69, 9.17) is 10.5 Å². The zero-order valence-corrected chi connectivity index (χ0v) is 19.6. The fraction of sp³-hybridized carbons (Fsp3) is 0.192. The summed E-state index contributed by atoms with van der Waals surface area (Å²) in [6, 6.07) is 13.7. The van der Waals surface area contributed by atoms with Crippen LogP contribution in [-0.2, 0) is 22.6 Å². The molecule has 0 saturated heterocycles. The van der Waals surface area contributed by atoms with Crippen molar-refractivity contribution in [2.75, 3.05) is 18.5 Å². The number of esters is 1. The number of benzene rings is 2. The Bertz CT molecular complexity index is 1420. The van der Waals surface area contributed by atoms with Crippen LogP contribution in [0.3, 0.4) is 0 Å². The molecule has 0 fully saturated rings. The van der Waals surface area contributed by atoms with Crippen LogP contribution in [0.5, 0.6) is 0 Å². The summed E-state index contributed by atoms with van der Waals surface area (Å²) in [7, 11) is 0. The van der Waals surface area contributed by atoms with Crippen LogP contribution in [-0.4, -0.2) is 34.4 Å². The number of hydrogen-bond acceptors (Lipinski definition) is 6. The number of hydrogen-bond donors (Lipinski definition) is 3. The van der Waals surface area contributed by atoms with Crippen LogP contribution < -0.4 is 16.4 Å². The Kier molecular flexibility index (Phi) is 7.55. The summed E-state index contributed by atoms with van der Waals surface area (Å²) in [6.07, 6.45) is 1.57. The summed E-state index contributed by atoms with van der Waals surface area (Å²) in [5.74, 6) is -1.92. The number of anilines is 1. The maximum Gasteiger partial charge on any atom is 0.325 e. The van der Waals surface area contributed by atoms with E-state index < -0.39 is 17.6 Å². The summed E-state index contributed by atoms with van der Waals surface area (Å²) in [5, 5.41) is 5.75. The average molecular weight is 494 g/mol. The van der Waals surface area contributed by atoms with E-state index in [2.05, 4.69) is 15.6 Å². The molecule has 36 heavy (non-hydrogen) atoms. The number of halogens is 2. The largest absolute Gasteiger partial charge is 0.465 e. The molecule has 2 aromatic carbocycles. The molecule has 2 heterocycles. The second kappa shape index (κ2) is 11.0. The number of nitrogens with zero attached hydrogens (tertiary/aromatic N) is 2. The van der Waals surface area contributed by atoms with Gasteiger partial charge in [-0.15, -0.1) is 0 Å². The standard InChI is InChI=1S/C26H25F2N5O3/c1-2-36-23(34)15-30-25-24(20-12-19(27)6-7-21(20)28)32-22-11-18(8-9-33(22)25)26(35)31-14-17-5-3-4-16(10-17)13-29/h3-12,30H,2,13-15,29H2,1H3,(H,31,35). The Labute approximate surface area is 206 Å². The van der Waals surface area contributed by atoms with Crippen LogP contribution in [0, 0.1) is 11.6 Å². The molecular weight excluding hydrogens is 468 g/mol. The molecule has 0 unspecified atom stereocenters. The molecule has 0 radical (unpaired) electrons. The van der Waals surface area contributed by atoms with Gasteiger partial charge in [0.15, 0.2) is 0 Å². The molecule has 10 heteroatoms. The first-order valence-corrected chi connectivity index (χ1v) is 11.3. The van der Waals surface area contributed by atoms with E-state index in [0.717, 1.165) is 29.3 Å². The molecule has 0 bridgehead atoms. The third-order valence-electron chi connectivity index (χ3n) is 5.46. The van der Waals surface area contributed by atoms with Crippen molar-refractivity contribution in [3.63, 3.8) is 0 Å². The van der Waals surface area contributed by atoms with Crippen molar-refractivity contribution in [3.05, 3.63) is 89.1 Å². The summed E-state index contributed by atoms with van der Waals surface area (Å²) in [4.78, 5) is 29.2. The predicted octanol–water partition coefficient (Wildman–Crippen LogP) is 3.64. The SMILES string of the molecule is CCOC(=O)CNc1c(-c2cc(F)ccc2F)nc2cc(C(=O)NCc3cccc(CN)c3)ccn12. The first-order valence-electron chi connectivity index (χ1n) is 11.3. The number of nitrogens with one attached hydrogen (secondary N) is 2. The second-order valence-electron chi connectivity index (χ2n) is 7.94. The summed E-state index contributed by atoms with van der Waals surface area (Å²) in [5.41, 5.74) is 8.17. The lowest BCUT2D eigenvalue weighted by molar-refractivity contribution is -0.140. The van der Waals surface area contributed by atoms with E-state index >= 15 is 0 Å². The van der Waals surface area contributed by atoms with Gasteiger partial charge in [-0.1, -0.05) is 24.3 Å². The number of imidazole rings is 1. The zero-order valence-electron chi connectivity index (χ0n) is 19.6. The Morgan fingerprint density at radius 1 is 1.08 bits per heavy atom. The molecule has 8 nitrogen and oxygen atoms in total. The molecule has 186 valence electrons. The summed E-state index contributed by atoms with van der Waals surface area (Å²) in [6.45, 7) is 2.38. The minimum atomic E-state index is -0.684. The molecule has 4 N–H and O–H groups in total. The number of pyridine rings is 1. The van der Waals surface area contributed by atoms with Crippen LogP contribution in [0.1, 0.15) is 28.4 Å². The summed E-state index contributed by atoms with van der Waals surface area (Å²) >= 11 is 0. The Morgan fingerprint density at radius 2 is 1.89 bits per heavy atom. The highest BCUT2D eigenvalue weighted by atomic mass is 19.1. The van der Waals surface area contributed by atoms with Crippen LogP contribution in [0.25, 0.3) is 16.9 Å². The highest BCUT2D eigenvalue weighted by Gasteiger charge is 2.20. The number of carbonyl (C=O) groups excluding carboxylic acids is 2. The number of ether oxygens (including phenoxy) is 1. The molecule has 4 aromatic rings. The van der Waals surface area contributed by atoms with E-state index in [9.17, 15) is 18.4 Å². The molecule has 0 saturated carbocycles. The summed E-state index contributed by atoms with van der Waals surface area (Å²) < 4.78 is 35.0. The van der Waals surface area contributed by atoms with Gasteiger partial charge in [0, 0.05) is 30.4 Å². The molecule has 0 aliphatic rings. The van der Waals surface area contributed by atoms with Crippen molar-refractivity contribution in [1.29, 1.82) is 0 Å². The third-order valence-corrected chi connectivity index (χ3v) is 5.46. The van der Waals surface area contributed by atoms with Crippen molar-refractivity contribution < 1.29 is 23.1 Å². The highest BCUT2D eigenvalue weighted by molar-refractivity contribution is 5.95. The Morgan fingerprint density at radius 3 is 2.67 bits per heavy atom. The molecule has 2 aromatic heterocycles. The van der Waals surface area contributed by atoms with Gasteiger partial charge in [0.05, 0.1) is 6.61 Å². The van der Waals surface area contributed by atoms with Gasteiger partial charge in [0.2, 0.25) is 0 Å². The monoisotopic (exact) mass is 493 g/mol. The highest BCUT2D eigenvalue weighted by Crippen LogP contribution is 2.31. The van der Waals surface area contributed by atoms with Crippen molar-refractivity contribution in [3.8, 4) is 11.3 Å². The maximum atomic E-state index is 14.6. The van der Waals surface area contributed by atoms with Crippen LogP contribution >= 0.6 is 0 Å². The van der Waals surface area contributed by atoms with Crippen molar-refractivity contribution in [2.24, 2.45) is 5.73 Å². The molecule has 0 aliphatic heterocycles.